The summed E-state index contributed by atoms with van der Waals surface area (Å²) in [5, 5.41) is 23.5. The molecule has 0 saturated heterocycles. The minimum Gasteiger partial charge on any atom is -0.361 e. The van der Waals surface area contributed by atoms with Gasteiger partial charge in [0.25, 0.3) is 0 Å². The number of hydrogen-bond acceptors (Lipinski definition) is 5. The molecule has 0 amide bonds. The van der Waals surface area contributed by atoms with Gasteiger partial charge in [-0.05, 0) is 31.2 Å². The first-order valence-corrected chi connectivity index (χ1v) is 7.47. The molecule has 0 spiro atoms. The second-order valence-corrected chi connectivity index (χ2v) is 5.48. The van der Waals surface area contributed by atoms with Crippen LogP contribution in [-0.2, 0) is 0 Å². The van der Waals surface area contributed by atoms with E-state index < -0.39 is 4.92 Å². The summed E-state index contributed by atoms with van der Waals surface area (Å²) in [6.07, 6.45) is 8.35. The van der Waals surface area contributed by atoms with Gasteiger partial charge in [-0.2, -0.15) is 5.26 Å². The number of rotatable bonds is 5. The predicted octanol–water partition coefficient (Wildman–Crippen LogP) is 3.63. The van der Waals surface area contributed by atoms with E-state index in [2.05, 4.69) is 17.2 Å². The molecule has 0 radical (unpaired) electrons. The van der Waals surface area contributed by atoms with Gasteiger partial charge >= 0.3 is 5.69 Å². The summed E-state index contributed by atoms with van der Waals surface area (Å²) in [6, 6.07) is 3.42. The highest BCUT2D eigenvalue weighted by Crippen LogP contribution is 2.32. The normalized spacial score (nSPS) is 17.0. The van der Waals surface area contributed by atoms with Gasteiger partial charge in [0.1, 0.15) is 11.6 Å². The topological polar surface area (TPSA) is 91.8 Å². The highest BCUT2D eigenvalue weighted by Gasteiger charge is 2.27. The van der Waals surface area contributed by atoms with Crippen molar-refractivity contribution in [3.63, 3.8) is 0 Å². The molecule has 1 N–H and O–H groups in total. The zero-order valence-electron chi connectivity index (χ0n) is 12.2. The third kappa shape index (κ3) is 3.48. The Morgan fingerprint density at radius 2 is 2.24 bits per heavy atom. The van der Waals surface area contributed by atoms with Crippen LogP contribution in [0.4, 0.5) is 11.5 Å². The van der Waals surface area contributed by atoms with Gasteiger partial charge in [0.2, 0.25) is 5.82 Å². The second-order valence-electron chi connectivity index (χ2n) is 5.48. The van der Waals surface area contributed by atoms with Crippen molar-refractivity contribution in [1.82, 2.24) is 4.98 Å². The Morgan fingerprint density at radius 3 is 2.81 bits per heavy atom. The van der Waals surface area contributed by atoms with Gasteiger partial charge in [-0.25, -0.2) is 4.98 Å². The molecule has 1 aromatic heterocycles. The summed E-state index contributed by atoms with van der Waals surface area (Å²) in [4.78, 5) is 14.8. The quantitative estimate of drug-likeness (QED) is 0.659. The van der Waals surface area contributed by atoms with Crippen molar-refractivity contribution in [3.8, 4) is 6.07 Å². The standard InChI is InChI=1S/C15H20N4O2/c1-2-13(11-6-4-3-5-7-11)18-15-14(19(20)21)12(10-16)8-9-17-15/h8-9,11,13H,2-7H2,1H3,(H,17,18). The molecule has 1 unspecified atom stereocenters. The van der Waals surface area contributed by atoms with Crippen LogP contribution in [-0.4, -0.2) is 15.9 Å². The lowest BCUT2D eigenvalue weighted by Gasteiger charge is -2.30. The van der Waals surface area contributed by atoms with Crippen LogP contribution in [0.2, 0.25) is 0 Å². The van der Waals surface area contributed by atoms with Crippen LogP contribution >= 0.6 is 0 Å². The average molecular weight is 288 g/mol. The van der Waals surface area contributed by atoms with Crippen LogP contribution in [0.3, 0.4) is 0 Å². The average Bonchev–Trinajstić information content (AvgIpc) is 2.52. The van der Waals surface area contributed by atoms with E-state index in [-0.39, 0.29) is 23.1 Å². The van der Waals surface area contributed by atoms with E-state index in [4.69, 9.17) is 5.26 Å². The van der Waals surface area contributed by atoms with Crippen molar-refractivity contribution in [1.29, 1.82) is 5.26 Å². The molecular formula is C15H20N4O2. The van der Waals surface area contributed by atoms with Crippen molar-refractivity contribution in [3.05, 3.63) is 27.9 Å². The Kier molecular flexibility index (Phi) is 5.09. The molecule has 21 heavy (non-hydrogen) atoms. The first-order valence-electron chi connectivity index (χ1n) is 7.47. The molecule has 2 rings (SSSR count). The van der Waals surface area contributed by atoms with Crippen LogP contribution in [0.25, 0.3) is 0 Å². The van der Waals surface area contributed by atoms with Crippen LogP contribution in [0.15, 0.2) is 12.3 Å². The van der Waals surface area contributed by atoms with Gasteiger partial charge in [-0.3, -0.25) is 10.1 Å². The molecular weight excluding hydrogens is 268 g/mol. The Bertz CT molecular complexity index is 547. The van der Waals surface area contributed by atoms with Crippen molar-refractivity contribution in [2.24, 2.45) is 5.92 Å². The summed E-state index contributed by atoms with van der Waals surface area (Å²) in [5.74, 6) is 0.743. The van der Waals surface area contributed by atoms with Crippen molar-refractivity contribution < 1.29 is 4.92 Å². The van der Waals surface area contributed by atoms with Crippen molar-refractivity contribution in [2.45, 2.75) is 51.5 Å². The smallest absolute Gasteiger partial charge is 0.328 e. The minimum atomic E-state index is -0.526. The molecule has 0 aromatic carbocycles. The highest BCUT2D eigenvalue weighted by atomic mass is 16.6. The lowest BCUT2D eigenvalue weighted by atomic mass is 9.83. The molecule has 1 heterocycles. The van der Waals surface area contributed by atoms with Crippen LogP contribution in [0, 0.1) is 27.4 Å². The molecule has 1 aliphatic carbocycles. The molecule has 6 heteroatoms. The van der Waals surface area contributed by atoms with Gasteiger partial charge in [0, 0.05) is 12.2 Å². The number of nitrogens with zero attached hydrogens (tertiary/aromatic N) is 3. The predicted molar refractivity (Wildman–Crippen MR) is 79.9 cm³/mol. The minimum absolute atomic E-state index is 0.0518. The Morgan fingerprint density at radius 1 is 1.52 bits per heavy atom. The number of anilines is 1. The first-order chi connectivity index (χ1) is 10.2. The summed E-state index contributed by atoms with van der Waals surface area (Å²) in [7, 11) is 0. The van der Waals surface area contributed by atoms with Gasteiger partial charge in [-0.15, -0.1) is 0 Å². The molecule has 1 aromatic rings. The van der Waals surface area contributed by atoms with Gasteiger partial charge in [0.15, 0.2) is 0 Å². The van der Waals surface area contributed by atoms with Gasteiger partial charge < -0.3 is 5.32 Å². The molecule has 1 saturated carbocycles. The highest BCUT2D eigenvalue weighted by molar-refractivity contribution is 5.64. The maximum absolute atomic E-state index is 11.2. The fourth-order valence-electron chi connectivity index (χ4n) is 3.10. The monoisotopic (exact) mass is 288 g/mol. The SMILES string of the molecule is CCC(Nc1nccc(C#N)c1[N+](=O)[O-])C1CCCCC1. The molecule has 6 nitrogen and oxygen atoms in total. The Balaban J connectivity index is 2.25. The summed E-state index contributed by atoms with van der Waals surface area (Å²) in [6.45, 7) is 2.08. The molecule has 0 aliphatic heterocycles. The lowest BCUT2D eigenvalue weighted by molar-refractivity contribution is -0.384. The summed E-state index contributed by atoms with van der Waals surface area (Å²) >= 11 is 0. The van der Waals surface area contributed by atoms with Crippen LogP contribution in [0.5, 0.6) is 0 Å². The number of nitrogens with one attached hydrogen (secondary N) is 1. The Labute approximate surface area is 124 Å². The maximum Gasteiger partial charge on any atom is 0.328 e. The first kappa shape index (κ1) is 15.2. The van der Waals surface area contributed by atoms with Crippen molar-refractivity contribution in [2.75, 3.05) is 5.32 Å². The van der Waals surface area contributed by atoms with E-state index in [1.54, 1.807) is 0 Å². The van der Waals surface area contributed by atoms with Gasteiger partial charge in [0.05, 0.1) is 4.92 Å². The summed E-state index contributed by atoms with van der Waals surface area (Å²) in [5.41, 5.74) is -0.162. The lowest BCUT2D eigenvalue weighted by Crippen LogP contribution is -2.30. The number of nitro groups is 1. The second kappa shape index (κ2) is 7.02. The maximum atomic E-state index is 11.2. The van der Waals surface area contributed by atoms with E-state index in [9.17, 15) is 10.1 Å². The number of hydrogen-bond donors (Lipinski definition) is 1. The largest absolute Gasteiger partial charge is 0.361 e. The number of pyridine rings is 1. The number of aromatic nitrogens is 1. The van der Waals surface area contributed by atoms with Crippen LogP contribution in [0.1, 0.15) is 51.0 Å². The number of nitriles is 1. The van der Waals surface area contributed by atoms with E-state index >= 15 is 0 Å². The summed E-state index contributed by atoms with van der Waals surface area (Å²) < 4.78 is 0. The molecule has 1 atom stereocenters. The van der Waals surface area contributed by atoms with E-state index in [1.165, 1.54) is 31.5 Å². The Hall–Kier alpha value is -2.16. The molecule has 1 fully saturated rings. The molecule has 112 valence electrons. The van der Waals surface area contributed by atoms with E-state index in [1.807, 2.05) is 6.07 Å². The van der Waals surface area contributed by atoms with Crippen LogP contribution < -0.4 is 5.32 Å². The molecule has 1 aliphatic rings. The fourth-order valence-corrected chi connectivity index (χ4v) is 3.10. The third-order valence-electron chi connectivity index (χ3n) is 4.21. The van der Waals surface area contributed by atoms with Crippen molar-refractivity contribution >= 4 is 11.5 Å². The third-order valence-corrected chi connectivity index (χ3v) is 4.21. The zero-order valence-corrected chi connectivity index (χ0v) is 12.2. The molecule has 0 bridgehead atoms. The van der Waals surface area contributed by atoms with E-state index in [0.29, 0.717) is 5.92 Å². The van der Waals surface area contributed by atoms with E-state index in [0.717, 1.165) is 19.3 Å². The zero-order chi connectivity index (χ0) is 15.2. The van der Waals surface area contributed by atoms with Gasteiger partial charge in [-0.1, -0.05) is 26.2 Å². The fraction of sp³-hybridized carbons (Fsp3) is 0.600.